The van der Waals surface area contributed by atoms with Crippen LogP contribution in [0.15, 0.2) is 18.2 Å². The molecule has 1 N–H and O–H groups in total. The first-order valence-electron chi connectivity index (χ1n) is 6.55. The van der Waals surface area contributed by atoms with E-state index in [-0.39, 0.29) is 11.6 Å². The highest BCUT2D eigenvalue weighted by atomic mass is 19.1. The van der Waals surface area contributed by atoms with E-state index in [0.29, 0.717) is 6.54 Å². The van der Waals surface area contributed by atoms with Gasteiger partial charge in [-0.05, 0) is 31.5 Å². The molecular formula is C15H20FN3O. The third-order valence-electron chi connectivity index (χ3n) is 3.51. The van der Waals surface area contributed by atoms with Crippen LogP contribution in [0.1, 0.15) is 22.5 Å². The molecule has 0 saturated heterocycles. The molecule has 2 aromatic rings. The van der Waals surface area contributed by atoms with E-state index >= 15 is 0 Å². The molecule has 0 aliphatic rings. The van der Waals surface area contributed by atoms with E-state index in [0.717, 1.165) is 23.5 Å². The Morgan fingerprint density at radius 3 is 2.60 bits per heavy atom. The molecule has 0 bridgehead atoms. The minimum Gasteiger partial charge on any atom is -0.494 e. The van der Waals surface area contributed by atoms with Crippen LogP contribution in [0.2, 0.25) is 0 Å². The van der Waals surface area contributed by atoms with Crippen molar-refractivity contribution < 1.29 is 9.13 Å². The van der Waals surface area contributed by atoms with Gasteiger partial charge in [-0.3, -0.25) is 4.68 Å². The van der Waals surface area contributed by atoms with Crippen LogP contribution >= 0.6 is 0 Å². The Balaban J connectivity index is 1.97. The zero-order valence-corrected chi connectivity index (χ0v) is 12.3. The predicted molar refractivity (Wildman–Crippen MR) is 76.2 cm³/mol. The highest BCUT2D eigenvalue weighted by Gasteiger charge is 2.09. The number of methoxy groups -OCH3 is 1. The molecule has 0 aliphatic heterocycles. The number of benzene rings is 1. The number of halogens is 1. The summed E-state index contributed by atoms with van der Waals surface area (Å²) >= 11 is 0. The Labute approximate surface area is 118 Å². The quantitative estimate of drug-likeness (QED) is 0.912. The summed E-state index contributed by atoms with van der Waals surface area (Å²) < 4.78 is 20.3. The van der Waals surface area contributed by atoms with Crippen LogP contribution in [0.25, 0.3) is 0 Å². The predicted octanol–water partition coefficient (Wildman–Crippen LogP) is 2.47. The second kappa shape index (κ2) is 6.05. The number of rotatable bonds is 5. The van der Waals surface area contributed by atoms with Gasteiger partial charge in [0.05, 0.1) is 12.8 Å². The lowest BCUT2D eigenvalue weighted by molar-refractivity contribution is 0.386. The first kappa shape index (κ1) is 14.5. The van der Waals surface area contributed by atoms with Gasteiger partial charge in [-0.25, -0.2) is 4.39 Å². The topological polar surface area (TPSA) is 39.1 Å². The van der Waals surface area contributed by atoms with Crippen LogP contribution in [0.4, 0.5) is 4.39 Å². The van der Waals surface area contributed by atoms with Crippen molar-refractivity contribution in [1.82, 2.24) is 15.1 Å². The third-order valence-corrected chi connectivity index (χ3v) is 3.51. The van der Waals surface area contributed by atoms with E-state index in [1.165, 1.54) is 18.7 Å². The summed E-state index contributed by atoms with van der Waals surface area (Å²) in [4.78, 5) is 0. The van der Waals surface area contributed by atoms with E-state index in [4.69, 9.17) is 4.74 Å². The van der Waals surface area contributed by atoms with Gasteiger partial charge < -0.3 is 10.1 Å². The molecule has 1 aromatic heterocycles. The van der Waals surface area contributed by atoms with Crippen molar-refractivity contribution in [2.75, 3.05) is 7.11 Å². The van der Waals surface area contributed by atoms with Crippen LogP contribution in [0.3, 0.4) is 0 Å². The van der Waals surface area contributed by atoms with Crippen molar-refractivity contribution in [1.29, 1.82) is 0 Å². The van der Waals surface area contributed by atoms with Gasteiger partial charge in [-0.1, -0.05) is 6.07 Å². The number of ether oxygens (including phenoxy) is 1. The number of aryl methyl sites for hydroxylation is 2. The van der Waals surface area contributed by atoms with Crippen molar-refractivity contribution in [2.45, 2.75) is 26.9 Å². The summed E-state index contributed by atoms with van der Waals surface area (Å²) in [6.45, 7) is 5.37. The van der Waals surface area contributed by atoms with Crippen molar-refractivity contribution in [3.05, 3.63) is 46.5 Å². The maximum absolute atomic E-state index is 13.6. The number of nitrogens with zero attached hydrogens (tertiary/aromatic N) is 2. The minimum atomic E-state index is -0.333. The zero-order chi connectivity index (χ0) is 14.7. The molecule has 108 valence electrons. The Morgan fingerprint density at radius 2 is 2.05 bits per heavy atom. The second-order valence-electron chi connectivity index (χ2n) is 4.85. The van der Waals surface area contributed by atoms with E-state index in [2.05, 4.69) is 10.4 Å². The highest BCUT2D eigenvalue weighted by Crippen LogP contribution is 2.18. The summed E-state index contributed by atoms with van der Waals surface area (Å²) in [5.41, 5.74) is 4.26. The summed E-state index contributed by atoms with van der Waals surface area (Å²) in [6, 6.07) is 5.00. The van der Waals surface area contributed by atoms with Gasteiger partial charge >= 0.3 is 0 Å². The normalized spacial score (nSPS) is 10.8. The van der Waals surface area contributed by atoms with Gasteiger partial charge in [0.15, 0.2) is 11.6 Å². The molecule has 20 heavy (non-hydrogen) atoms. The Bertz CT molecular complexity index is 607. The van der Waals surface area contributed by atoms with Crippen LogP contribution < -0.4 is 10.1 Å². The molecule has 1 aromatic carbocycles. The lowest BCUT2D eigenvalue weighted by atomic mass is 10.1. The molecule has 4 nitrogen and oxygen atoms in total. The number of aromatic nitrogens is 2. The molecule has 0 radical (unpaired) electrons. The summed E-state index contributed by atoms with van der Waals surface area (Å²) in [5, 5.41) is 7.69. The maximum Gasteiger partial charge on any atom is 0.165 e. The average molecular weight is 277 g/mol. The Morgan fingerprint density at radius 1 is 1.30 bits per heavy atom. The summed E-state index contributed by atoms with van der Waals surface area (Å²) in [7, 11) is 3.40. The fourth-order valence-electron chi connectivity index (χ4n) is 2.22. The van der Waals surface area contributed by atoms with Crippen LogP contribution in [-0.2, 0) is 20.1 Å². The molecule has 0 amide bonds. The van der Waals surface area contributed by atoms with Gasteiger partial charge in [0.25, 0.3) is 0 Å². The molecule has 0 saturated carbocycles. The highest BCUT2D eigenvalue weighted by molar-refractivity contribution is 5.29. The average Bonchev–Trinajstić information content (AvgIpc) is 2.65. The number of nitrogens with one attached hydrogen (secondary N) is 1. The zero-order valence-electron chi connectivity index (χ0n) is 12.3. The lowest BCUT2D eigenvalue weighted by Gasteiger charge is -2.07. The van der Waals surface area contributed by atoms with Gasteiger partial charge in [0.1, 0.15) is 0 Å². The van der Waals surface area contributed by atoms with Crippen LogP contribution in [0.5, 0.6) is 5.75 Å². The summed E-state index contributed by atoms with van der Waals surface area (Å²) in [5.74, 6) is -0.0618. The Hall–Kier alpha value is -1.88. The second-order valence-corrected chi connectivity index (χ2v) is 4.85. The number of hydrogen-bond donors (Lipinski definition) is 1. The molecule has 5 heteroatoms. The van der Waals surface area contributed by atoms with Crippen molar-refractivity contribution >= 4 is 0 Å². The van der Waals surface area contributed by atoms with E-state index in [9.17, 15) is 4.39 Å². The molecule has 1 heterocycles. The minimum absolute atomic E-state index is 0.271. The Kier molecular flexibility index (Phi) is 4.39. The summed E-state index contributed by atoms with van der Waals surface area (Å²) in [6.07, 6.45) is 0. The van der Waals surface area contributed by atoms with Gasteiger partial charge in [0.2, 0.25) is 0 Å². The molecule has 0 unspecified atom stereocenters. The number of hydrogen-bond acceptors (Lipinski definition) is 3. The van der Waals surface area contributed by atoms with Gasteiger partial charge in [0, 0.05) is 31.4 Å². The van der Waals surface area contributed by atoms with Crippen LogP contribution in [-0.4, -0.2) is 16.9 Å². The molecule has 2 rings (SSSR count). The van der Waals surface area contributed by atoms with Gasteiger partial charge in [-0.2, -0.15) is 5.10 Å². The van der Waals surface area contributed by atoms with Crippen LogP contribution in [0, 0.1) is 19.7 Å². The largest absolute Gasteiger partial charge is 0.494 e. The monoisotopic (exact) mass is 277 g/mol. The molecule has 0 aliphatic carbocycles. The maximum atomic E-state index is 13.6. The first-order chi connectivity index (χ1) is 9.52. The fraction of sp³-hybridized carbons (Fsp3) is 0.400. The molecule has 0 fully saturated rings. The standard InChI is InChI=1S/C15H20FN3O/c1-10-13(11(2)19(3)18-10)9-17-8-12-5-6-15(20-4)14(16)7-12/h5-7,17H,8-9H2,1-4H3. The molecular weight excluding hydrogens is 257 g/mol. The lowest BCUT2D eigenvalue weighted by Crippen LogP contribution is -2.14. The van der Waals surface area contributed by atoms with E-state index < -0.39 is 0 Å². The van der Waals surface area contributed by atoms with Crippen molar-refractivity contribution in [3.63, 3.8) is 0 Å². The molecule has 0 spiro atoms. The van der Waals surface area contributed by atoms with Crippen molar-refractivity contribution in [2.24, 2.45) is 7.05 Å². The smallest absolute Gasteiger partial charge is 0.165 e. The van der Waals surface area contributed by atoms with Gasteiger partial charge in [-0.15, -0.1) is 0 Å². The fourth-order valence-corrected chi connectivity index (χ4v) is 2.22. The van der Waals surface area contributed by atoms with Crippen molar-refractivity contribution in [3.8, 4) is 5.75 Å². The first-order valence-corrected chi connectivity index (χ1v) is 6.55. The third kappa shape index (κ3) is 2.99. The van der Waals surface area contributed by atoms with E-state index in [1.807, 2.05) is 31.6 Å². The van der Waals surface area contributed by atoms with E-state index in [1.54, 1.807) is 6.07 Å². The SMILES string of the molecule is COc1ccc(CNCc2c(C)nn(C)c2C)cc1F. The molecule has 0 atom stereocenters.